The van der Waals surface area contributed by atoms with Crippen LogP contribution in [0.5, 0.6) is 0 Å². The van der Waals surface area contributed by atoms with Crippen molar-refractivity contribution in [2.45, 2.75) is 44.6 Å². The van der Waals surface area contributed by atoms with E-state index in [2.05, 4.69) is 34.3 Å². The van der Waals surface area contributed by atoms with Crippen LogP contribution in [0.4, 0.5) is 13.2 Å². The van der Waals surface area contributed by atoms with E-state index in [9.17, 15) is 22.8 Å². The zero-order chi connectivity index (χ0) is 28.2. The van der Waals surface area contributed by atoms with E-state index in [1.807, 2.05) is 6.07 Å². The van der Waals surface area contributed by atoms with Crippen molar-refractivity contribution in [3.63, 3.8) is 0 Å². The number of aromatic nitrogens is 1. The van der Waals surface area contributed by atoms with Gasteiger partial charge in [-0.05, 0) is 80.4 Å². The molecular weight excluding hydrogens is 519 g/mol. The van der Waals surface area contributed by atoms with Crippen LogP contribution in [0.3, 0.4) is 0 Å². The number of nitrogens with zero attached hydrogens (tertiary/aromatic N) is 2. The third-order valence-electron chi connectivity index (χ3n) is 8.38. The minimum atomic E-state index is -1.56. The summed E-state index contributed by atoms with van der Waals surface area (Å²) in [5.74, 6) is -4.04. The van der Waals surface area contributed by atoms with E-state index in [0.29, 0.717) is 25.6 Å². The SMILES string of the molecule is CC(=O)OCC(C1CCN(C(=O)C=Cc2ccc(F)c(F)c2F)CC1)N1CCC(c2c[nH]c3ccccc23)CC1. The molecule has 2 aliphatic heterocycles. The van der Waals surface area contributed by atoms with Gasteiger partial charge in [0.2, 0.25) is 5.91 Å². The first-order valence-corrected chi connectivity index (χ1v) is 13.9. The maximum Gasteiger partial charge on any atom is 0.302 e. The number of hydrogen-bond donors (Lipinski definition) is 1. The van der Waals surface area contributed by atoms with Crippen LogP contribution in [-0.2, 0) is 14.3 Å². The van der Waals surface area contributed by atoms with E-state index in [1.54, 1.807) is 4.90 Å². The van der Waals surface area contributed by atoms with Gasteiger partial charge in [-0.1, -0.05) is 18.2 Å². The number of halogens is 3. The minimum absolute atomic E-state index is 0.0666. The summed E-state index contributed by atoms with van der Waals surface area (Å²) in [6, 6.07) is 10.4. The fourth-order valence-corrected chi connectivity index (χ4v) is 6.16. The number of likely N-dealkylation sites (tertiary alicyclic amines) is 2. The molecule has 0 bridgehead atoms. The van der Waals surface area contributed by atoms with Gasteiger partial charge >= 0.3 is 5.97 Å². The predicted molar refractivity (Wildman–Crippen MR) is 147 cm³/mol. The largest absolute Gasteiger partial charge is 0.464 e. The van der Waals surface area contributed by atoms with Gasteiger partial charge in [0.25, 0.3) is 0 Å². The summed E-state index contributed by atoms with van der Waals surface area (Å²) in [6.07, 6.45) is 8.02. The van der Waals surface area contributed by atoms with E-state index < -0.39 is 17.5 Å². The summed E-state index contributed by atoms with van der Waals surface area (Å²) in [5, 5.41) is 1.27. The van der Waals surface area contributed by atoms with Crippen molar-refractivity contribution in [1.82, 2.24) is 14.8 Å². The lowest BCUT2D eigenvalue weighted by atomic mass is 9.84. The molecule has 1 aromatic heterocycles. The first-order chi connectivity index (χ1) is 19.3. The molecule has 0 aliphatic carbocycles. The Bertz CT molecular complexity index is 1390. The zero-order valence-electron chi connectivity index (χ0n) is 22.5. The number of nitrogens with one attached hydrogen (secondary N) is 1. The number of para-hydroxylation sites is 1. The van der Waals surface area contributed by atoms with Gasteiger partial charge in [0, 0.05) is 54.8 Å². The van der Waals surface area contributed by atoms with E-state index >= 15 is 0 Å². The minimum Gasteiger partial charge on any atom is -0.464 e. The van der Waals surface area contributed by atoms with Crippen molar-refractivity contribution in [2.24, 2.45) is 5.92 Å². The van der Waals surface area contributed by atoms with Crippen LogP contribution in [0, 0.1) is 23.4 Å². The van der Waals surface area contributed by atoms with Crippen molar-refractivity contribution in [1.29, 1.82) is 0 Å². The molecule has 40 heavy (non-hydrogen) atoms. The van der Waals surface area contributed by atoms with Gasteiger partial charge in [-0.2, -0.15) is 0 Å². The molecule has 1 amide bonds. The fourth-order valence-electron chi connectivity index (χ4n) is 6.16. The van der Waals surface area contributed by atoms with E-state index in [4.69, 9.17) is 4.74 Å². The molecule has 0 radical (unpaired) electrons. The second-order valence-corrected chi connectivity index (χ2v) is 10.7. The van der Waals surface area contributed by atoms with Crippen LogP contribution >= 0.6 is 0 Å². The summed E-state index contributed by atoms with van der Waals surface area (Å²) in [7, 11) is 0. The van der Waals surface area contributed by atoms with Gasteiger partial charge in [0.1, 0.15) is 6.61 Å². The van der Waals surface area contributed by atoms with Gasteiger partial charge in [-0.3, -0.25) is 14.5 Å². The third kappa shape index (κ3) is 6.09. The second-order valence-electron chi connectivity index (χ2n) is 10.7. The number of benzene rings is 2. The first-order valence-electron chi connectivity index (χ1n) is 13.9. The van der Waals surface area contributed by atoms with Gasteiger partial charge in [0.15, 0.2) is 17.5 Å². The Kier molecular flexibility index (Phi) is 8.59. The van der Waals surface area contributed by atoms with Crippen molar-refractivity contribution in [3.05, 3.63) is 77.2 Å². The Morgan fingerprint density at radius 3 is 2.45 bits per heavy atom. The molecule has 2 fully saturated rings. The van der Waals surface area contributed by atoms with Crippen molar-refractivity contribution < 1.29 is 27.5 Å². The number of aromatic amines is 1. The van der Waals surface area contributed by atoms with Gasteiger partial charge < -0.3 is 14.6 Å². The van der Waals surface area contributed by atoms with Crippen LogP contribution < -0.4 is 0 Å². The summed E-state index contributed by atoms with van der Waals surface area (Å²) >= 11 is 0. The number of esters is 1. The molecule has 0 saturated carbocycles. The lowest BCUT2D eigenvalue weighted by Gasteiger charge is -2.43. The van der Waals surface area contributed by atoms with Crippen LogP contribution in [0.25, 0.3) is 17.0 Å². The molecule has 2 saturated heterocycles. The number of H-pyrrole nitrogens is 1. The van der Waals surface area contributed by atoms with Gasteiger partial charge in [-0.15, -0.1) is 0 Å². The molecule has 1 N–H and O–H groups in total. The number of carbonyl (C=O) groups is 2. The normalized spacial score (nSPS) is 18.4. The number of hydrogen-bond acceptors (Lipinski definition) is 4. The topological polar surface area (TPSA) is 65.6 Å². The highest BCUT2D eigenvalue weighted by Gasteiger charge is 2.35. The third-order valence-corrected chi connectivity index (χ3v) is 8.38. The Hall–Kier alpha value is -3.59. The zero-order valence-corrected chi connectivity index (χ0v) is 22.5. The molecule has 3 heterocycles. The number of amides is 1. The monoisotopic (exact) mass is 553 g/mol. The highest BCUT2D eigenvalue weighted by molar-refractivity contribution is 5.91. The van der Waals surface area contributed by atoms with E-state index in [0.717, 1.165) is 56.4 Å². The van der Waals surface area contributed by atoms with E-state index in [1.165, 1.54) is 30.0 Å². The molecule has 0 spiro atoms. The van der Waals surface area contributed by atoms with Crippen molar-refractivity contribution >= 4 is 28.9 Å². The molecule has 5 rings (SSSR count). The Morgan fingerprint density at radius 1 is 1.00 bits per heavy atom. The van der Waals surface area contributed by atoms with Crippen LogP contribution in [0.15, 0.2) is 48.7 Å². The molecule has 2 aliphatic rings. The van der Waals surface area contributed by atoms with Crippen molar-refractivity contribution in [3.8, 4) is 0 Å². The van der Waals surface area contributed by atoms with Crippen LogP contribution in [0.2, 0.25) is 0 Å². The standard InChI is InChI=1S/C31H34F3N3O3/c1-20(38)40-19-28(36-14-10-21(11-15-36)25-18-35-27-5-3-2-4-24(25)27)22-12-16-37(17-13-22)29(39)9-7-23-6-8-26(32)31(34)30(23)33/h2-9,18,21-22,28,35H,10-17,19H2,1H3. The maximum absolute atomic E-state index is 13.9. The number of ether oxygens (including phenoxy) is 1. The van der Waals surface area contributed by atoms with Crippen LogP contribution in [0.1, 0.15) is 49.7 Å². The molecule has 9 heteroatoms. The summed E-state index contributed by atoms with van der Waals surface area (Å²) in [5.41, 5.74) is 2.33. The fraction of sp³-hybridized carbons (Fsp3) is 0.419. The summed E-state index contributed by atoms with van der Waals surface area (Å²) < 4.78 is 46.1. The van der Waals surface area contributed by atoms with Gasteiger partial charge in [0.05, 0.1) is 0 Å². The number of piperidine rings is 2. The highest BCUT2D eigenvalue weighted by atomic mass is 19.2. The average molecular weight is 554 g/mol. The summed E-state index contributed by atoms with van der Waals surface area (Å²) in [4.78, 5) is 31.9. The molecule has 212 valence electrons. The quantitative estimate of drug-likeness (QED) is 0.233. The number of fused-ring (bicyclic) bond motifs is 1. The second kappa shape index (κ2) is 12.3. The first kappa shape index (κ1) is 28.0. The summed E-state index contributed by atoms with van der Waals surface area (Å²) in [6.45, 7) is 4.56. The maximum atomic E-state index is 13.9. The lowest BCUT2D eigenvalue weighted by Crippen LogP contribution is -2.51. The van der Waals surface area contributed by atoms with Crippen LogP contribution in [-0.4, -0.2) is 65.5 Å². The number of rotatable bonds is 7. The lowest BCUT2D eigenvalue weighted by molar-refractivity contribution is -0.144. The Balaban J connectivity index is 1.19. The molecule has 6 nitrogen and oxygen atoms in total. The molecule has 1 unspecified atom stereocenters. The Morgan fingerprint density at radius 2 is 1.73 bits per heavy atom. The smallest absolute Gasteiger partial charge is 0.302 e. The molecule has 3 aromatic rings. The number of carbonyl (C=O) groups excluding carboxylic acids is 2. The highest BCUT2D eigenvalue weighted by Crippen LogP contribution is 2.35. The molecule has 1 atom stereocenters. The van der Waals surface area contributed by atoms with Crippen molar-refractivity contribution in [2.75, 3.05) is 32.8 Å². The molecular formula is C31H34F3N3O3. The predicted octanol–water partition coefficient (Wildman–Crippen LogP) is 5.65. The average Bonchev–Trinajstić information content (AvgIpc) is 3.40. The van der Waals surface area contributed by atoms with E-state index in [-0.39, 0.29) is 29.4 Å². The molecule has 2 aromatic carbocycles. The Labute approximate surface area is 231 Å². The van der Waals surface area contributed by atoms with Gasteiger partial charge in [-0.25, -0.2) is 13.2 Å².